The Morgan fingerprint density at radius 2 is 1.54 bits per heavy atom. The van der Waals surface area contributed by atoms with Gasteiger partial charge in [-0.3, -0.25) is 4.79 Å². The molecule has 5 heteroatoms. The summed E-state index contributed by atoms with van der Waals surface area (Å²) in [7, 11) is 4.73. The van der Waals surface area contributed by atoms with Gasteiger partial charge in [0, 0.05) is 12.1 Å². The van der Waals surface area contributed by atoms with Gasteiger partial charge in [-0.05, 0) is 41.0 Å². The van der Waals surface area contributed by atoms with Crippen LogP contribution in [0.2, 0.25) is 0 Å². The maximum absolute atomic E-state index is 12.2. The molecule has 3 rings (SSSR count). The average molecular weight is 351 g/mol. The van der Waals surface area contributed by atoms with Gasteiger partial charge in [0.15, 0.2) is 11.5 Å². The molecule has 0 bridgehead atoms. The summed E-state index contributed by atoms with van der Waals surface area (Å²) < 4.78 is 16.1. The van der Waals surface area contributed by atoms with Crippen molar-refractivity contribution in [3.05, 3.63) is 64.7 Å². The zero-order valence-electron chi connectivity index (χ0n) is 15.0. The van der Waals surface area contributed by atoms with Crippen LogP contribution in [0.5, 0.6) is 17.2 Å². The zero-order chi connectivity index (χ0) is 18.5. The van der Waals surface area contributed by atoms with Crippen LogP contribution in [0.15, 0.2) is 53.6 Å². The van der Waals surface area contributed by atoms with Gasteiger partial charge in [-0.2, -0.15) is 0 Å². The number of methoxy groups -OCH3 is 3. The topological polar surface area (TPSA) is 56.8 Å². The number of hydrogen-bond acceptors (Lipinski definition) is 4. The second kappa shape index (κ2) is 7.78. The highest BCUT2D eigenvalue weighted by Crippen LogP contribution is 2.39. The first-order valence-corrected chi connectivity index (χ1v) is 8.22. The molecular formula is C21H21NO4. The Bertz CT molecular complexity index is 844. The molecule has 0 atom stereocenters. The van der Waals surface area contributed by atoms with E-state index >= 15 is 0 Å². The number of amides is 1. The van der Waals surface area contributed by atoms with E-state index in [2.05, 4.69) is 5.32 Å². The molecule has 1 heterocycles. The van der Waals surface area contributed by atoms with Crippen LogP contribution in [0.25, 0.3) is 12.2 Å². The molecule has 2 aromatic rings. The molecule has 1 fully saturated rings. The van der Waals surface area contributed by atoms with E-state index in [0.29, 0.717) is 29.4 Å². The molecule has 1 aliphatic rings. The van der Waals surface area contributed by atoms with Crippen molar-refractivity contribution in [1.29, 1.82) is 0 Å². The van der Waals surface area contributed by atoms with Crippen molar-refractivity contribution < 1.29 is 19.0 Å². The second-order valence-electron chi connectivity index (χ2n) is 5.78. The fraction of sp³-hybridized carbons (Fsp3) is 0.190. The summed E-state index contributed by atoms with van der Waals surface area (Å²) in [5.74, 6) is 1.61. The van der Waals surface area contributed by atoms with Gasteiger partial charge in [-0.25, -0.2) is 0 Å². The number of rotatable bonds is 5. The van der Waals surface area contributed by atoms with Gasteiger partial charge >= 0.3 is 0 Å². The number of carbonyl (C=O) groups excluding carboxylic acids is 1. The Morgan fingerprint density at radius 3 is 2.12 bits per heavy atom. The maximum Gasteiger partial charge on any atom is 0.251 e. The van der Waals surface area contributed by atoms with Gasteiger partial charge in [0.2, 0.25) is 5.75 Å². The van der Waals surface area contributed by atoms with Crippen molar-refractivity contribution in [2.24, 2.45) is 0 Å². The smallest absolute Gasteiger partial charge is 0.251 e. The van der Waals surface area contributed by atoms with Crippen molar-refractivity contribution in [3.8, 4) is 17.2 Å². The molecule has 0 aromatic heterocycles. The predicted molar refractivity (Wildman–Crippen MR) is 102 cm³/mol. The first kappa shape index (κ1) is 17.6. The summed E-state index contributed by atoms with van der Waals surface area (Å²) in [5, 5.41) is 2.88. The van der Waals surface area contributed by atoms with Crippen LogP contribution in [-0.4, -0.2) is 33.8 Å². The van der Waals surface area contributed by atoms with E-state index in [1.807, 2.05) is 54.6 Å². The Labute approximate surface area is 152 Å². The van der Waals surface area contributed by atoms with E-state index in [1.165, 1.54) is 0 Å². The number of hydrogen-bond donors (Lipinski definition) is 1. The van der Waals surface area contributed by atoms with E-state index in [0.717, 1.165) is 16.7 Å². The van der Waals surface area contributed by atoms with E-state index in [-0.39, 0.29) is 5.91 Å². The maximum atomic E-state index is 12.2. The van der Waals surface area contributed by atoms with E-state index in [1.54, 1.807) is 21.3 Å². The molecule has 0 radical (unpaired) electrons. The van der Waals surface area contributed by atoms with Gasteiger partial charge in [-0.15, -0.1) is 0 Å². The van der Waals surface area contributed by atoms with Crippen LogP contribution in [-0.2, 0) is 4.79 Å². The molecule has 134 valence electrons. The Hall–Kier alpha value is -3.21. The summed E-state index contributed by atoms with van der Waals surface area (Å²) in [6.07, 6.45) is 3.85. The minimum absolute atomic E-state index is 0.0763. The normalized spacial score (nSPS) is 16.7. The standard InChI is InChI=1S/C21H21NO4/c1-24-18-11-15(12-19(25-2)20(18)26-3)9-16-13-22-21(23)17(16)10-14-7-5-4-6-8-14/h4-12H,13H2,1-3H3,(H,22,23)/b16-9-,17-10+. The van der Waals surface area contributed by atoms with Gasteiger partial charge in [-0.1, -0.05) is 30.3 Å². The molecule has 1 saturated heterocycles. The van der Waals surface area contributed by atoms with Crippen molar-refractivity contribution in [1.82, 2.24) is 5.32 Å². The van der Waals surface area contributed by atoms with Gasteiger partial charge in [0.1, 0.15) is 0 Å². The molecule has 2 aromatic carbocycles. The van der Waals surface area contributed by atoms with Crippen molar-refractivity contribution >= 4 is 18.1 Å². The average Bonchev–Trinajstić information content (AvgIpc) is 3.01. The molecule has 0 aliphatic carbocycles. The minimum atomic E-state index is -0.0763. The first-order chi connectivity index (χ1) is 12.7. The van der Waals surface area contributed by atoms with Crippen LogP contribution in [0.4, 0.5) is 0 Å². The molecule has 0 saturated carbocycles. The van der Waals surface area contributed by atoms with E-state index in [4.69, 9.17) is 14.2 Å². The lowest BCUT2D eigenvalue weighted by molar-refractivity contribution is -0.116. The third-order valence-corrected chi connectivity index (χ3v) is 4.17. The van der Waals surface area contributed by atoms with Crippen LogP contribution in [0.1, 0.15) is 11.1 Å². The highest BCUT2D eigenvalue weighted by atomic mass is 16.5. The number of nitrogens with one attached hydrogen (secondary N) is 1. The van der Waals surface area contributed by atoms with Crippen molar-refractivity contribution in [2.45, 2.75) is 0 Å². The SMILES string of the molecule is COc1cc(/C=C2/CNC(=O)/C2=C/c2ccccc2)cc(OC)c1OC. The van der Waals surface area contributed by atoms with Crippen molar-refractivity contribution in [3.63, 3.8) is 0 Å². The largest absolute Gasteiger partial charge is 0.493 e. The Balaban J connectivity index is 2.03. The van der Waals surface area contributed by atoms with E-state index < -0.39 is 0 Å². The highest BCUT2D eigenvalue weighted by molar-refractivity contribution is 6.06. The molecule has 1 aliphatic heterocycles. The summed E-state index contributed by atoms with van der Waals surface area (Å²) in [6.45, 7) is 0.480. The summed E-state index contributed by atoms with van der Waals surface area (Å²) in [4.78, 5) is 12.2. The van der Waals surface area contributed by atoms with Crippen LogP contribution in [0, 0.1) is 0 Å². The summed E-state index contributed by atoms with van der Waals surface area (Å²) in [5.41, 5.74) is 3.42. The quantitative estimate of drug-likeness (QED) is 0.840. The molecule has 1 amide bonds. The minimum Gasteiger partial charge on any atom is -0.493 e. The van der Waals surface area contributed by atoms with Crippen LogP contribution < -0.4 is 19.5 Å². The molecule has 26 heavy (non-hydrogen) atoms. The summed E-state index contributed by atoms with van der Waals surface area (Å²) in [6, 6.07) is 13.5. The molecule has 0 spiro atoms. The van der Waals surface area contributed by atoms with Gasteiger partial charge in [0.25, 0.3) is 5.91 Å². The lowest BCUT2D eigenvalue weighted by Crippen LogP contribution is -2.14. The monoisotopic (exact) mass is 351 g/mol. The third-order valence-electron chi connectivity index (χ3n) is 4.17. The summed E-state index contributed by atoms with van der Waals surface area (Å²) >= 11 is 0. The molecule has 5 nitrogen and oxygen atoms in total. The Morgan fingerprint density at radius 1 is 0.885 bits per heavy atom. The first-order valence-electron chi connectivity index (χ1n) is 8.22. The van der Waals surface area contributed by atoms with E-state index in [9.17, 15) is 4.79 Å². The lowest BCUT2D eigenvalue weighted by Gasteiger charge is -2.13. The zero-order valence-corrected chi connectivity index (χ0v) is 15.0. The van der Waals surface area contributed by atoms with Crippen LogP contribution in [0.3, 0.4) is 0 Å². The molecule has 0 unspecified atom stereocenters. The van der Waals surface area contributed by atoms with Gasteiger partial charge < -0.3 is 19.5 Å². The number of ether oxygens (including phenoxy) is 3. The van der Waals surface area contributed by atoms with Crippen molar-refractivity contribution in [2.75, 3.05) is 27.9 Å². The number of benzene rings is 2. The predicted octanol–water partition coefficient (Wildman–Crippen LogP) is 3.31. The van der Waals surface area contributed by atoms with Crippen LogP contribution >= 0.6 is 0 Å². The molecule has 1 N–H and O–H groups in total. The lowest BCUT2D eigenvalue weighted by atomic mass is 10.0. The van der Waals surface area contributed by atoms with Gasteiger partial charge in [0.05, 0.1) is 21.3 Å². The third kappa shape index (κ3) is 3.57. The highest BCUT2D eigenvalue weighted by Gasteiger charge is 2.22. The Kier molecular flexibility index (Phi) is 5.27. The fourth-order valence-electron chi connectivity index (χ4n) is 2.90. The molecular weight excluding hydrogens is 330 g/mol. The fourth-order valence-corrected chi connectivity index (χ4v) is 2.90. The number of carbonyl (C=O) groups is 1. The second-order valence-corrected chi connectivity index (χ2v) is 5.78.